The summed E-state index contributed by atoms with van der Waals surface area (Å²) in [7, 11) is 0. The van der Waals surface area contributed by atoms with Gasteiger partial charge in [0.1, 0.15) is 0 Å². The van der Waals surface area contributed by atoms with Gasteiger partial charge in [-0.05, 0) is 42.9 Å². The molecule has 0 aliphatic carbocycles. The molecule has 0 spiro atoms. The van der Waals surface area contributed by atoms with Crippen LogP contribution in [0.5, 0.6) is 5.75 Å². The largest absolute Gasteiger partial charge is 0.491 e. The molecule has 0 amide bonds. The molecule has 0 saturated carbocycles. The van der Waals surface area contributed by atoms with Crippen molar-refractivity contribution in [2.24, 2.45) is 0 Å². The summed E-state index contributed by atoms with van der Waals surface area (Å²) < 4.78 is 24.6. The van der Waals surface area contributed by atoms with Gasteiger partial charge in [0.05, 0.1) is 6.61 Å². The first-order valence-electron chi connectivity index (χ1n) is 7.15. The van der Waals surface area contributed by atoms with Crippen LogP contribution < -0.4 is 4.74 Å². The van der Waals surface area contributed by atoms with Crippen molar-refractivity contribution in [1.29, 1.82) is 0 Å². The summed E-state index contributed by atoms with van der Waals surface area (Å²) in [5, 5.41) is 0. The van der Waals surface area contributed by atoms with Gasteiger partial charge in [-0.25, -0.2) is 4.39 Å². The Morgan fingerprint density at radius 3 is 2.47 bits per heavy atom. The fraction of sp³-hybridized carbons (Fsp3) is 0.625. The van der Waals surface area contributed by atoms with Crippen molar-refractivity contribution in [2.75, 3.05) is 19.8 Å². The molecule has 0 saturated heterocycles. The third-order valence-electron chi connectivity index (χ3n) is 2.91. The third-order valence-corrected chi connectivity index (χ3v) is 2.91. The summed E-state index contributed by atoms with van der Waals surface area (Å²) in [6.45, 7) is 8.29. The second-order valence-corrected chi connectivity index (χ2v) is 5.01. The Morgan fingerprint density at radius 2 is 1.84 bits per heavy atom. The van der Waals surface area contributed by atoms with E-state index in [2.05, 4.69) is 6.92 Å². The fourth-order valence-corrected chi connectivity index (χ4v) is 1.73. The molecule has 1 rings (SSSR count). The smallest absolute Gasteiger partial charge is 0.165 e. The maximum atomic E-state index is 13.7. The second kappa shape index (κ2) is 8.92. The van der Waals surface area contributed by atoms with Gasteiger partial charge in [-0.15, -0.1) is 0 Å². The zero-order chi connectivity index (χ0) is 14.1. The molecule has 0 bridgehead atoms. The van der Waals surface area contributed by atoms with E-state index >= 15 is 0 Å². The van der Waals surface area contributed by atoms with E-state index in [1.165, 1.54) is 0 Å². The highest BCUT2D eigenvalue weighted by Gasteiger charge is 2.06. The van der Waals surface area contributed by atoms with Crippen molar-refractivity contribution in [3.63, 3.8) is 0 Å². The molecule has 19 heavy (non-hydrogen) atoms. The van der Waals surface area contributed by atoms with Crippen LogP contribution in [0.3, 0.4) is 0 Å². The Kier molecular flexibility index (Phi) is 7.49. The second-order valence-electron chi connectivity index (χ2n) is 5.01. The lowest BCUT2D eigenvalue weighted by molar-refractivity contribution is 0.127. The summed E-state index contributed by atoms with van der Waals surface area (Å²) >= 11 is 0. The van der Waals surface area contributed by atoms with Crippen LogP contribution in [0.4, 0.5) is 4.39 Å². The molecule has 0 aromatic heterocycles. The lowest BCUT2D eigenvalue weighted by atomic mass is 10.0. The van der Waals surface area contributed by atoms with Crippen molar-refractivity contribution in [3.8, 4) is 5.75 Å². The van der Waals surface area contributed by atoms with Gasteiger partial charge in [0, 0.05) is 13.2 Å². The summed E-state index contributed by atoms with van der Waals surface area (Å²) in [6.07, 6.45) is 2.88. The van der Waals surface area contributed by atoms with Crippen molar-refractivity contribution in [2.45, 2.75) is 46.0 Å². The molecule has 0 N–H and O–H groups in total. The summed E-state index contributed by atoms with van der Waals surface area (Å²) in [6, 6.07) is 5.20. The number of benzene rings is 1. The first-order chi connectivity index (χ1) is 9.15. The molecule has 0 aliphatic heterocycles. The maximum Gasteiger partial charge on any atom is 0.165 e. The number of rotatable bonds is 9. The fourth-order valence-electron chi connectivity index (χ4n) is 1.73. The van der Waals surface area contributed by atoms with E-state index in [0.29, 0.717) is 18.3 Å². The summed E-state index contributed by atoms with van der Waals surface area (Å²) in [5.74, 6) is 0.409. The molecule has 0 aliphatic rings. The van der Waals surface area contributed by atoms with Crippen LogP contribution >= 0.6 is 0 Å². The number of halogens is 1. The zero-order valence-electron chi connectivity index (χ0n) is 12.2. The van der Waals surface area contributed by atoms with Gasteiger partial charge in [0.25, 0.3) is 0 Å². The van der Waals surface area contributed by atoms with Gasteiger partial charge in [0.2, 0.25) is 0 Å². The zero-order valence-corrected chi connectivity index (χ0v) is 12.2. The van der Waals surface area contributed by atoms with Crippen LogP contribution in [0, 0.1) is 5.82 Å². The molecule has 0 radical (unpaired) electrons. The van der Waals surface area contributed by atoms with Gasteiger partial charge in [-0.2, -0.15) is 0 Å². The number of ether oxygens (including phenoxy) is 2. The Morgan fingerprint density at radius 1 is 1.11 bits per heavy atom. The van der Waals surface area contributed by atoms with E-state index in [9.17, 15) is 4.39 Å². The maximum absolute atomic E-state index is 13.7. The minimum absolute atomic E-state index is 0.270. The Labute approximate surface area is 115 Å². The van der Waals surface area contributed by atoms with Crippen LogP contribution in [0.2, 0.25) is 0 Å². The van der Waals surface area contributed by atoms with E-state index in [4.69, 9.17) is 9.47 Å². The highest BCUT2D eigenvalue weighted by atomic mass is 19.1. The number of unbranched alkanes of at least 4 members (excludes halogenated alkanes) is 1. The molecule has 2 nitrogen and oxygen atoms in total. The molecule has 0 unspecified atom stereocenters. The third kappa shape index (κ3) is 6.06. The van der Waals surface area contributed by atoms with Gasteiger partial charge in [-0.3, -0.25) is 0 Å². The standard InChI is InChI=1S/C16H25FO2/c1-4-9-18-10-5-6-11-19-16-8-7-14(13(2)3)12-15(16)17/h7-8,12-13H,4-6,9-11H2,1-3H3. The quantitative estimate of drug-likeness (QED) is 0.612. The molecular weight excluding hydrogens is 243 g/mol. The molecule has 0 atom stereocenters. The van der Waals surface area contributed by atoms with Crippen LogP contribution in [-0.2, 0) is 4.74 Å². The van der Waals surface area contributed by atoms with Crippen LogP contribution in [0.25, 0.3) is 0 Å². The van der Waals surface area contributed by atoms with Crippen molar-refractivity contribution < 1.29 is 13.9 Å². The van der Waals surface area contributed by atoms with Crippen molar-refractivity contribution in [1.82, 2.24) is 0 Å². The molecule has 108 valence electrons. The van der Waals surface area contributed by atoms with E-state index in [1.807, 2.05) is 19.9 Å². The Bertz CT molecular complexity index is 364. The van der Waals surface area contributed by atoms with E-state index in [0.717, 1.165) is 38.0 Å². The number of hydrogen-bond acceptors (Lipinski definition) is 2. The van der Waals surface area contributed by atoms with Crippen molar-refractivity contribution in [3.05, 3.63) is 29.6 Å². The molecule has 3 heteroatoms. The predicted molar refractivity (Wildman–Crippen MR) is 76.3 cm³/mol. The monoisotopic (exact) mass is 268 g/mol. The van der Waals surface area contributed by atoms with Crippen LogP contribution in [0.15, 0.2) is 18.2 Å². The van der Waals surface area contributed by atoms with Crippen molar-refractivity contribution >= 4 is 0 Å². The molecule has 1 aromatic carbocycles. The molecule has 1 aromatic rings. The molecular formula is C16H25FO2. The lowest BCUT2D eigenvalue weighted by Gasteiger charge is -2.10. The normalized spacial score (nSPS) is 11.0. The van der Waals surface area contributed by atoms with Crippen LogP contribution in [-0.4, -0.2) is 19.8 Å². The molecule has 0 fully saturated rings. The highest BCUT2D eigenvalue weighted by Crippen LogP contribution is 2.22. The Hall–Kier alpha value is -1.09. The average molecular weight is 268 g/mol. The minimum Gasteiger partial charge on any atom is -0.491 e. The average Bonchev–Trinajstić information content (AvgIpc) is 2.39. The van der Waals surface area contributed by atoms with Gasteiger partial charge < -0.3 is 9.47 Å². The molecule has 0 heterocycles. The Balaban J connectivity index is 2.26. The lowest BCUT2D eigenvalue weighted by Crippen LogP contribution is -2.03. The SMILES string of the molecule is CCCOCCCCOc1ccc(C(C)C)cc1F. The first kappa shape index (κ1) is 16.0. The highest BCUT2D eigenvalue weighted by molar-refractivity contribution is 5.30. The first-order valence-corrected chi connectivity index (χ1v) is 7.15. The van der Waals surface area contributed by atoms with Gasteiger partial charge in [-0.1, -0.05) is 26.8 Å². The minimum atomic E-state index is -0.270. The topological polar surface area (TPSA) is 18.5 Å². The summed E-state index contributed by atoms with van der Waals surface area (Å²) in [4.78, 5) is 0. The van der Waals surface area contributed by atoms with E-state index < -0.39 is 0 Å². The summed E-state index contributed by atoms with van der Waals surface area (Å²) in [5.41, 5.74) is 0.998. The van der Waals surface area contributed by atoms with E-state index in [1.54, 1.807) is 12.1 Å². The van der Waals surface area contributed by atoms with E-state index in [-0.39, 0.29) is 5.82 Å². The predicted octanol–water partition coefficient (Wildman–Crippen LogP) is 4.53. The van der Waals surface area contributed by atoms with Gasteiger partial charge in [0.15, 0.2) is 11.6 Å². The van der Waals surface area contributed by atoms with Gasteiger partial charge >= 0.3 is 0 Å². The number of hydrogen-bond donors (Lipinski definition) is 0. The van der Waals surface area contributed by atoms with Crippen LogP contribution in [0.1, 0.15) is 51.5 Å².